The average Bonchev–Trinajstić information content (AvgIpc) is 3.00. The van der Waals surface area contributed by atoms with E-state index in [1.165, 1.54) is 0 Å². The van der Waals surface area contributed by atoms with E-state index in [4.69, 9.17) is 0 Å². The molecule has 42 heavy (non-hydrogen) atoms. The highest BCUT2D eigenvalue weighted by atomic mass is 32.2. The fraction of sp³-hybridized carbons (Fsp3) is 0.303. The molecule has 9 heteroatoms. The number of hydrogen-bond acceptors (Lipinski definition) is 6. The van der Waals surface area contributed by atoms with E-state index in [1.54, 1.807) is 61.9 Å². The predicted molar refractivity (Wildman–Crippen MR) is 163 cm³/mol. The van der Waals surface area contributed by atoms with E-state index in [1.807, 2.05) is 60.9 Å². The van der Waals surface area contributed by atoms with Gasteiger partial charge in [-0.1, -0.05) is 66.7 Å². The highest BCUT2D eigenvalue weighted by molar-refractivity contribution is 7.98. The summed E-state index contributed by atoms with van der Waals surface area (Å²) in [5.41, 5.74) is 2.90. The zero-order chi connectivity index (χ0) is 29.6. The lowest BCUT2D eigenvalue weighted by molar-refractivity contribution is -0.205. The highest BCUT2D eigenvalue weighted by Crippen LogP contribution is 2.31. The minimum Gasteiger partial charge on any atom is -0.508 e. The molecule has 3 aromatic carbocycles. The van der Waals surface area contributed by atoms with Gasteiger partial charge in [-0.15, -0.1) is 18.3 Å². The first-order chi connectivity index (χ1) is 20.4. The van der Waals surface area contributed by atoms with Crippen LogP contribution in [0.15, 0.2) is 96.4 Å². The van der Waals surface area contributed by atoms with E-state index in [2.05, 4.69) is 6.58 Å². The molecular formula is C33H36N4O4S. The van der Waals surface area contributed by atoms with Crippen molar-refractivity contribution in [3.8, 4) is 5.75 Å². The molecule has 0 aromatic heterocycles. The second-order valence-corrected chi connectivity index (χ2v) is 11.4. The van der Waals surface area contributed by atoms with E-state index < -0.39 is 12.2 Å². The van der Waals surface area contributed by atoms with Gasteiger partial charge in [-0.05, 0) is 47.6 Å². The molecule has 3 amide bonds. The number of rotatable bonds is 10. The maximum absolute atomic E-state index is 14.1. The summed E-state index contributed by atoms with van der Waals surface area (Å²) in [7, 11) is 0. The van der Waals surface area contributed by atoms with Crippen LogP contribution in [-0.4, -0.2) is 80.7 Å². The summed E-state index contributed by atoms with van der Waals surface area (Å²) in [6.07, 6.45) is 4.15. The Morgan fingerprint density at radius 2 is 1.71 bits per heavy atom. The molecule has 1 N–H and O–H groups in total. The molecule has 8 nitrogen and oxygen atoms in total. The molecule has 2 aliphatic rings. The molecule has 0 spiro atoms. The predicted octanol–water partition coefficient (Wildman–Crippen LogP) is 4.10. The van der Waals surface area contributed by atoms with Gasteiger partial charge >= 0.3 is 0 Å². The monoisotopic (exact) mass is 584 g/mol. The summed E-state index contributed by atoms with van der Waals surface area (Å²) in [6, 6.07) is 23.7. The summed E-state index contributed by atoms with van der Waals surface area (Å²) in [5, 5.41) is 13.3. The lowest BCUT2D eigenvalue weighted by Gasteiger charge is -2.55. The number of hydrogen-bond donors (Lipinski definition) is 1. The number of aromatic hydroxyl groups is 1. The van der Waals surface area contributed by atoms with E-state index in [0.29, 0.717) is 19.5 Å². The van der Waals surface area contributed by atoms with E-state index >= 15 is 0 Å². The molecule has 218 valence electrons. The van der Waals surface area contributed by atoms with Crippen LogP contribution >= 0.6 is 11.8 Å². The normalized spacial score (nSPS) is 19.1. The largest absolute Gasteiger partial charge is 0.508 e. The minimum absolute atomic E-state index is 0.0196. The highest BCUT2D eigenvalue weighted by Gasteiger charge is 2.51. The standard InChI is InChI=1S/C33H36N4O4S/c1-3-19-35-23-32(40)36-28(20-25-13-16-27(38)17-14-25)33(41)34(21-26-11-7-8-12-29(26)42-2)22-30(36)37(35)31(39)18-15-24-9-5-4-6-10-24/h3-14,16-17,28,30,38H,1,15,18-23H2,2H3/t28-,30-/m0/s1. The number of piperazine rings is 1. The van der Waals surface area contributed by atoms with Crippen LogP contribution in [0.5, 0.6) is 5.75 Å². The SMILES string of the molecule is C=CCN1CC(=O)N2[C@@H](Cc3ccc(O)cc3)C(=O)N(Cc3ccccc3SC)C[C@@H]2N1C(=O)CCc1ccccc1. The third-order valence-electron chi connectivity index (χ3n) is 7.81. The molecule has 0 unspecified atom stereocenters. The second kappa shape index (κ2) is 13.3. The summed E-state index contributed by atoms with van der Waals surface area (Å²) in [6.45, 7) is 4.74. The van der Waals surface area contributed by atoms with Crippen molar-refractivity contribution >= 4 is 29.5 Å². The van der Waals surface area contributed by atoms with Gasteiger partial charge in [0, 0.05) is 30.8 Å². The fourth-order valence-electron chi connectivity index (χ4n) is 5.81. The van der Waals surface area contributed by atoms with Crippen LogP contribution in [0.1, 0.15) is 23.1 Å². The number of benzene rings is 3. The molecular weight excluding hydrogens is 548 g/mol. The van der Waals surface area contributed by atoms with Crippen molar-refractivity contribution in [2.75, 3.05) is 25.9 Å². The number of amides is 3. The van der Waals surface area contributed by atoms with Gasteiger partial charge < -0.3 is 14.9 Å². The molecule has 2 atom stereocenters. The van der Waals surface area contributed by atoms with Crippen LogP contribution in [0, 0.1) is 0 Å². The van der Waals surface area contributed by atoms with E-state index in [-0.39, 0.29) is 49.4 Å². The van der Waals surface area contributed by atoms with E-state index in [0.717, 1.165) is 21.6 Å². The topological polar surface area (TPSA) is 84.4 Å². The Labute approximate surface area is 251 Å². The van der Waals surface area contributed by atoms with E-state index in [9.17, 15) is 19.5 Å². The van der Waals surface area contributed by atoms with Crippen LogP contribution in [0.4, 0.5) is 0 Å². The Morgan fingerprint density at radius 1 is 1.00 bits per heavy atom. The molecule has 5 rings (SSSR count). The quantitative estimate of drug-likeness (QED) is 0.285. The molecule has 0 saturated carbocycles. The van der Waals surface area contributed by atoms with Crippen LogP contribution < -0.4 is 0 Å². The lowest BCUT2D eigenvalue weighted by atomic mass is 9.98. The number of aryl methyl sites for hydroxylation is 1. The van der Waals surface area contributed by atoms with Gasteiger partial charge in [0.05, 0.1) is 13.1 Å². The lowest BCUT2D eigenvalue weighted by Crippen LogP contribution is -2.75. The van der Waals surface area contributed by atoms with Crippen molar-refractivity contribution in [2.24, 2.45) is 0 Å². The number of carbonyl (C=O) groups is 3. The summed E-state index contributed by atoms with van der Waals surface area (Å²) in [5.74, 6) is -0.329. The smallest absolute Gasteiger partial charge is 0.246 e. The van der Waals surface area contributed by atoms with Crippen LogP contribution in [0.2, 0.25) is 0 Å². The Kier molecular flexibility index (Phi) is 9.29. The van der Waals surface area contributed by atoms with Crippen LogP contribution in [0.25, 0.3) is 0 Å². The summed E-state index contributed by atoms with van der Waals surface area (Å²) >= 11 is 1.62. The Balaban J connectivity index is 1.50. The van der Waals surface area contributed by atoms with Crippen LogP contribution in [0.3, 0.4) is 0 Å². The van der Waals surface area contributed by atoms with Crippen LogP contribution in [-0.2, 0) is 33.8 Å². The molecule has 0 radical (unpaired) electrons. The van der Waals surface area contributed by atoms with Gasteiger partial charge in [0.2, 0.25) is 17.7 Å². The van der Waals surface area contributed by atoms with Crippen molar-refractivity contribution in [1.82, 2.24) is 19.8 Å². The molecule has 2 aliphatic heterocycles. The van der Waals surface area contributed by atoms with Gasteiger partial charge in [0.15, 0.2) is 0 Å². The molecule has 2 fully saturated rings. The number of fused-ring (bicyclic) bond motifs is 1. The van der Waals surface area contributed by atoms with Gasteiger partial charge in [-0.2, -0.15) is 0 Å². The Hall–Kier alpha value is -4.08. The van der Waals surface area contributed by atoms with Crippen molar-refractivity contribution in [3.63, 3.8) is 0 Å². The number of nitrogens with zero attached hydrogens (tertiary/aromatic N) is 4. The fourth-order valence-corrected chi connectivity index (χ4v) is 6.42. The van der Waals surface area contributed by atoms with Crippen molar-refractivity contribution in [2.45, 2.75) is 42.9 Å². The van der Waals surface area contributed by atoms with Crippen molar-refractivity contribution in [3.05, 3.63) is 108 Å². The summed E-state index contributed by atoms with van der Waals surface area (Å²) < 4.78 is 0. The Bertz CT molecular complexity index is 1430. The van der Waals surface area contributed by atoms with Gasteiger partial charge in [-0.3, -0.25) is 14.4 Å². The average molecular weight is 585 g/mol. The summed E-state index contributed by atoms with van der Waals surface area (Å²) in [4.78, 5) is 46.3. The maximum atomic E-state index is 14.1. The number of hydrazine groups is 1. The molecule has 0 bridgehead atoms. The number of phenols is 1. The number of carbonyl (C=O) groups excluding carboxylic acids is 3. The molecule has 2 heterocycles. The van der Waals surface area contributed by atoms with Gasteiger partial charge in [0.1, 0.15) is 18.0 Å². The van der Waals surface area contributed by atoms with Crippen molar-refractivity contribution < 1.29 is 19.5 Å². The molecule has 0 aliphatic carbocycles. The van der Waals surface area contributed by atoms with Gasteiger partial charge in [-0.25, -0.2) is 10.0 Å². The second-order valence-electron chi connectivity index (χ2n) is 10.6. The third kappa shape index (κ3) is 6.37. The Morgan fingerprint density at radius 3 is 2.43 bits per heavy atom. The third-order valence-corrected chi connectivity index (χ3v) is 8.65. The molecule has 3 aromatic rings. The zero-order valence-electron chi connectivity index (χ0n) is 23.8. The number of phenolic OH excluding ortho intramolecular Hbond substituents is 1. The first kappa shape index (κ1) is 29.4. The zero-order valence-corrected chi connectivity index (χ0v) is 24.6. The first-order valence-electron chi connectivity index (χ1n) is 14.1. The first-order valence-corrected chi connectivity index (χ1v) is 15.3. The van der Waals surface area contributed by atoms with Gasteiger partial charge in [0.25, 0.3) is 0 Å². The molecule has 2 saturated heterocycles. The maximum Gasteiger partial charge on any atom is 0.246 e. The number of thioether (sulfide) groups is 1. The van der Waals surface area contributed by atoms with Crippen molar-refractivity contribution in [1.29, 1.82) is 0 Å². The minimum atomic E-state index is -0.794.